The molecule has 0 unspecified atom stereocenters. The Labute approximate surface area is 134 Å². The van der Waals surface area contributed by atoms with Gasteiger partial charge in [0.25, 0.3) is 0 Å². The summed E-state index contributed by atoms with van der Waals surface area (Å²) in [4.78, 5) is 18.3. The maximum atomic E-state index is 12.5. The molecule has 0 atom stereocenters. The molecule has 0 radical (unpaired) electrons. The minimum atomic E-state index is -0.967. The Morgan fingerprint density at radius 1 is 1.36 bits per heavy atom. The molecule has 0 saturated heterocycles. The van der Waals surface area contributed by atoms with Crippen molar-refractivity contribution < 1.29 is 9.90 Å². The summed E-state index contributed by atoms with van der Waals surface area (Å²) in [7, 11) is 0. The molecule has 2 N–H and O–H groups in total. The monoisotopic (exact) mass is 319 g/mol. The molecule has 0 aliphatic carbocycles. The van der Waals surface area contributed by atoms with E-state index in [1.54, 1.807) is 18.7 Å². The van der Waals surface area contributed by atoms with Gasteiger partial charge >= 0.3 is 6.03 Å². The molecular weight excluding hydrogens is 298 g/mol. The van der Waals surface area contributed by atoms with Crippen molar-refractivity contribution >= 4 is 22.5 Å². The molecule has 6 heteroatoms. The number of carbonyl (C=O) groups is 1. The summed E-state index contributed by atoms with van der Waals surface area (Å²) in [5, 5.41) is 15.3. The number of amides is 2. The van der Waals surface area contributed by atoms with Crippen molar-refractivity contribution in [2.24, 2.45) is 0 Å². The lowest BCUT2D eigenvalue weighted by molar-refractivity contribution is 0.0469. The van der Waals surface area contributed by atoms with E-state index in [0.717, 1.165) is 11.3 Å². The van der Waals surface area contributed by atoms with Gasteiger partial charge in [0.05, 0.1) is 17.8 Å². The molecule has 2 aromatic rings. The fourth-order valence-electron chi connectivity index (χ4n) is 2.05. The van der Waals surface area contributed by atoms with Crippen LogP contribution in [0.1, 0.15) is 25.1 Å². The predicted molar refractivity (Wildman–Crippen MR) is 89.0 cm³/mol. The first-order valence-corrected chi connectivity index (χ1v) is 7.96. The third kappa shape index (κ3) is 5.13. The van der Waals surface area contributed by atoms with Gasteiger partial charge in [0, 0.05) is 11.9 Å². The molecule has 0 aliphatic rings. The van der Waals surface area contributed by atoms with Gasteiger partial charge in [-0.2, -0.15) is 0 Å². The summed E-state index contributed by atoms with van der Waals surface area (Å²) < 4.78 is 0. The van der Waals surface area contributed by atoms with E-state index < -0.39 is 5.60 Å². The maximum absolute atomic E-state index is 12.5. The minimum Gasteiger partial charge on any atom is -0.389 e. The van der Waals surface area contributed by atoms with Crippen LogP contribution in [0.5, 0.6) is 0 Å². The van der Waals surface area contributed by atoms with E-state index in [1.807, 2.05) is 42.6 Å². The van der Waals surface area contributed by atoms with E-state index in [1.165, 1.54) is 11.3 Å². The second kappa shape index (κ2) is 6.89. The van der Waals surface area contributed by atoms with E-state index in [-0.39, 0.29) is 12.6 Å². The summed E-state index contributed by atoms with van der Waals surface area (Å²) >= 11 is 1.39. The Morgan fingerprint density at radius 3 is 2.59 bits per heavy atom. The van der Waals surface area contributed by atoms with Crippen LogP contribution in [-0.2, 0) is 6.54 Å². The Balaban J connectivity index is 2.10. The lowest BCUT2D eigenvalue weighted by atomic mass is 10.1. The average Bonchev–Trinajstić information content (AvgIpc) is 2.83. The fraction of sp³-hybridized carbons (Fsp3) is 0.375. The summed E-state index contributed by atoms with van der Waals surface area (Å²) in [6.45, 7) is 5.92. The van der Waals surface area contributed by atoms with E-state index in [9.17, 15) is 9.90 Å². The Bertz CT molecular complexity index is 620. The molecule has 0 bridgehead atoms. The molecule has 118 valence electrons. The first kappa shape index (κ1) is 16.5. The lowest BCUT2D eigenvalue weighted by Gasteiger charge is -2.29. The van der Waals surface area contributed by atoms with Crippen LogP contribution in [0, 0.1) is 6.92 Å². The van der Waals surface area contributed by atoms with Gasteiger partial charge in [-0.1, -0.05) is 30.3 Å². The largest absolute Gasteiger partial charge is 0.389 e. The van der Waals surface area contributed by atoms with Crippen LogP contribution in [0.3, 0.4) is 0 Å². The summed E-state index contributed by atoms with van der Waals surface area (Å²) in [6, 6.07) is 9.44. The van der Waals surface area contributed by atoms with Crippen molar-refractivity contribution in [1.29, 1.82) is 0 Å². The zero-order chi connectivity index (χ0) is 16.2. The first-order chi connectivity index (χ1) is 10.3. The molecule has 2 amide bonds. The van der Waals surface area contributed by atoms with E-state index >= 15 is 0 Å². The summed E-state index contributed by atoms with van der Waals surface area (Å²) in [6.07, 6.45) is 0. The molecular formula is C16H21N3O2S. The molecule has 2 rings (SSSR count). The number of hydrogen-bond acceptors (Lipinski definition) is 4. The molecule has 0 fully saturated rings. The van der Waals surface area contributed by atoms with E-state index in [0.29, 0.717) is 11.7 Å². The highest BCUT2D eigenvalue weighted by Gasteiger charge is 2.23. The Hall–Kier alpha value is -1.92. The third-order valence-electron chi connectivity index (χ3n) is 2.91. The van der Waals surface area contributed by atoms with Crippen molar-refractivity contribution in [3.05, 3.63) is 47.0 Å². The number of anilines is 1. The second-order valence-electron chi connectivity index (χ2n) is 5.88. The molecule has 0 aliphatic heterocycles. The number of nitrogens with zero attached hydrogens (tertiary/aromatic N) is 2. The standard InChI is InChI=1S/C16H21N3O2S/c1-12-10-22-14(17-12)18-15(20)19(11-16(2,3)21)9-13-7-5-4-6-8-13/h4-8,10,21H,9,11H2,1-3H3,(H,17,18,20). The first-order valence-electron chi connectivity index (χ1n) is 7.08. The number of thiazole rings is 1. The van der Waals surface area contributed by atoms with Crippen LogP contribution in [-0.4, -0.2) is 33.2 Å². The van der Waals surface area contributed by atoms with Gasteiger partial charge in [0.15, 0.2) is 5.13 Å². The Morgan fingerprint density at radius 2 is 2.05 bits per heavy atom. The van der Waals surface area contributed by atoms with Crippen molar-refractivity contribution in [3.63, 3.8) is 0 Å². The maximum Gasteiger partial charge on any atom is 0.324 e. The van der Waals surface area contributed by atoms with Gasteiger partial charge in [0.2, 0.25) is 0 Å². The molecule has 0 spiro atoms. The number of aryl methyl sites for hydroxylation is 1. The highest BCUT2D eigenvalue weighted by molar-refractivity contribution is 7.13. The van der Waals surface area contributed by atoms with E-state index in [4.69, 9.17) is 0 Å². The van der Waals surface area contributed by atoms with Crippen LogP contribution in [0.15, 0.2) is 35.7 Å². The minimum absolute atomic E-state index is 0.234. The molecule has 5 nitrogen and oxygen atoms in total. The number of urea groups is 1. The predicted octanol–water partition coefficient (Wildman–Crippen LogP) is 3.26. The number of hydrogen-bond donors (Lipinski definition) is 2. The van der Waals surface area contributed by atoms with Gasteiger partial charge < -0.3 is 10.0 Å². The number of nitrogens with one attached hydrogen (secondary N) is 1. The molecule has 1 aromatic heterocycles. The van der Waals surface area contributed by atoms with Gasteiger partial charge in [-0.05, 0) is 26.3 Å². The van der Waals surface area contributed by atoms with Crippen molar-refractivity contribution in [2.75, 3.05) is 11.9 Å². The van der Waals surface area contributed by atoms with Crippen LogP contribution < -0.4 is 5.32 Å². The van der Waals surface area contributed by atoms with Gasteiger partial charge in [-0.15, -0.1) is 11.3 Å². The van der Waals surface area contributed by atoms with E-state index in [2.05, 4.69) is 10.3 Å². The molecule has 22 heavy (non-hydrogen) atoms. The highest BCUT2D eigenvalue weighted by Crippen LogP contribution is 2.17. The topological polar surface area (TPSA) is 65.5 Å². The van der Waals surface area contributed by atoms with Crippen molar-refractivity contribution in [2.45, 2.75) is 32.9 Å². The van der Waals surface area contributed by atoms with Crippen LogP contribution in [0.25, 0.3) is 0 Å². The number of aliphatic hydroxyl groups is 1. The van der Waals surface area contributed by atoms with Crippen LogP contribution in [0.2, 0.25) is 0 Å². The number of aromatic nitrogens is 1. The second-order valence-corrected chi connectivity index (χ2v) is 6.74. The molecule has 0 saturated carbocycles. The zero-order valence-corrected chi connectivity index (χ0v) is 13.9. The number of rotatable bonds is 5. The lowest BCUT2D eigenvalue weighted by Crippen LogP contribution is -2.43. The Kier molecular flexibility index (Phi) is 5.15. The van der Waals surface area contributed by atoms with Crippen LogP contribution in [0.4, 0.5) is 9.93 Å². The normalized spacial score (nSPS) is 11.3. The number of carbonyl (C=O) groups excluding carboxylic acids is 1. The SMILES string of the molecule is Cc1csc(NC(=O)N(Cc2ccccc2)CC(C)(C)O)n1. The quantitative estimate of drug-likeness (QED) is 0.889. The summed E-state index contributed by atoms with van der Waals surface area (Å²) in [5.41, 5.74) is 0.917. The zero-order valence-electron chi connectivity index (χ0n) is 13.0. The third-order valence-corrected chi connectivity index (χ3v) is 3.79. The smallest absolute Gasteiger partial charge is 0.324 e. The highest BCUT2D eigenvalue weighted by atomic mass is 32.1. The fourth-order valence-corrected chi connectivity index (χ4v) is 2.73. The molecule has 1 aromatic carbocycles. The molecule has 1 heterocycles. The summed E-state index contributed by atoms with van der Waals surface area (Å²) in [5.74, 6) is 0. The van der Waals surface area contributed by atoms with Gasteiger partial charge in [-0.3, -0.25) is 5.32 Å². The van der Waals surface area contributed by atoms with Crippen molar-refractivity contribution in [3.8, 4) is 0 Å². The van der Waals surface area contributed by atoms with Crippen molar-refractivity contribution in [1.82, 2.24) is 9.88 Å². The van der Waals surface area contributed by atoms with Gasteiger partial charge in [-0.25, -0.2) is 9.78 Å². The number of benzene rings is 1. The average molecular weight is 319 g/mol. The van der Waals surface area contributed by atoms with Crippen LogP contribution >= 0.6 is 11.3 Å². The van der Waals surface area contributed by atoms with Gasteiger partial charge in [0.1, 0.15) is 0 Å².